The van der Waals surface area contributed by atoms with Gasteiger partial charge in [0, 0.05) is 46.8 Å². The molecule has 0 atom stereocenters. The number of hydrogen-bond acceptors (Lipinski definition) is 5. The molecule has 8 heteroatoms. The van der Waals surface area contributed by atoms with Crippen LogP contribution < -0.4 is 5.32 Å². The Morgan fingerprint density at radius 3 is 2.37 bits per heavy atom. The Kier molecular flexibility index (Phi) is 9.55. The van der Waals surface area contributed by atoms with Crippen molar-refractivity contribution < 1.29 is 23.9 Å². The zero-order valence-corrected chi connectivity index (χ0v) is 17.4. The van der Waals surface area contributed by atoms with Crippen LogP contribution in [-0.4, -0.2) is 80.3 Å². The summed E-state index contributed by atoms with van der Waals surface area (Å²) in [6.07, 6.45) is 2.38. The first-order valence-electron chi connectivity index (χ1n) is 9.60. The molecule has 0 spiro atoms. The molecular formula is C19H35N3O5. The van der Waals surface area contributed by atoms with Gasteiger partial charge in [-0.1, -0.05) is 0 Å². The fourth-order valence-corrected chi connectivity index (χ4v) is 2.85. The van der Waals surface area contributed by atoms with Crippen molar-refractivity contribution in [3.05, 3.63) is 0 Å². The van der Waals surface area contributed by atoms with Gasteiger partial charge in [-0.3, -0.25) is 9.59 Å². The Labute approximate surface area is 162 Å². The van der Waals surface area contributed by atoms with Crippen LogP contribution in [0.1, 0.15) is 46.5 Å². The molecule has 0 radical (unpaired) electrons. The average Bonchev–Trinajstić information content (AvgIpc) is 2.57. The summed E-state index contributed by atoms with van der Waals surface area (Å²) in [6.45, 7) is 7.92. The highest BCUT2D eigenvalue weighted by molar-refractivity contribution is 5.84. The second-order valence-electron chi connectivity index (χ2n) is 8.06. The van der Waals surface area contributed by atoms with E-state index in [1.165, 1.54) is 4.90 Å². The Morgan fingerprint density at radius 1 is 1.19 bits per heavy atom. The van der Waals surface area contributed by atoms with Crippen molar-refractivity contribution in [2.75, 3.05) is 46.9 Å². The number of piperidine rings is 1. The number of hydrogen-bond donors (Lipinski definition) is 1. The lowest BCUT2D eigenvalue weighted by molar-refractivity contribution is -0.135. The first-order valence-corrected chi connectivity index (χ1v) is 9.60. The summed E-state index contributed by atoms with van der Waals surface area (Å²) in [5.41, 5.74) is -0.503. The molecule has 1 aliphatic heterocycles. The molecule has 1 N–H and O–H groups in total. The summed E-state index contributed by atoms with van der Waals surface area (Å²) >= 11 is 0. The number of amides is 3. The van der Waals surface area contributed by atoms with E-state index in [1.54, 1.807) is 19.1 Å². The van der Waals surface area contributed by atoms with Crippen LogP contribution in [0.25, 0.3) is 0 Å². The van der Waals surface area contributed by atoms with Crippen LogP contribution in [0.3, 0.4) is 0 Å². The SMILES string of the molecule is COCCCNC(=O)CN(C)C(=O)CC1CCN(C(=O)OC(C)(C)C)CC1. The van der Waals surface area contributed by atoms with Gasteiger partial charge in [0.05, 0.1) is 6.54 Å². The van der Waals surface area contributed by atoms with Crippen LogP contribution in [0.15, 0.2) is 0 Å². The van der Waals surface area contributed by atoms with Crippen LogP contribution in [0.5, 0.6) is 0 Å². The number of carbonyl (C=O) groups is 3. The third-order valence-corrected chi connectivity index (χ3v) is 4.38. The lowest BCUT2D eigenvalue weighted by Crippen LogP contribution is -2.43. The lowest BCUT2D eigenvalue weighted by Gasteiger charge is -2.33. The van der Waals surface area contributed by atoms with Crippen LogP contribution in [0, 0.1) is 5.92 Å². The topological polar surface area (TPSA) is 88.2 Å². The first kappa shape index (κ1) is 23.2. The Balaban J connectivity index is 2.29. The highest BCUT2D eigenvalue weighted by atomic mass is 16.6. The molecule has 1 rings (SSSR count). The second-order valence-corrected chi connectivity index (χ2v) is 8.06. The first-order chi connectivity index (χ1) is 12.6. The smallest absolute Gasteiger partial charge is 0.410 e. The van der Waals surface area contributed by atoms with E-state index in [0.29, 0.717) is 32.7 Å². The third-order valence-electron chi connectivity index (χ3n) is 4.38. The highest BCUT2D eigenvalue weighted by Gasteiger charge is 2.28. The van der Waals surface area contributed by atoms with Crippen LogP contribution >= 0.6 is 0 Å². The van der Waals surface area contributed by atoms with Gasteiger partial charge in [0.1, 0.15) is 5.60 Å². The average molecular weight is 386 g/mol. The Morgan fingerprint density at radius 2 is 1.81 bits per heavy atom. The molecule has 0 aromatic carbocycles. The maximum atomic E-state index is 12.3. The van der Waals surface area contributed by atoms with Crippen LogP contribution in [0.2, 0.25) is 0 Å². The number of carbonyl (C=O) groups excluding carboxylic acids is 3. The van der Waals surface area contributed by atoms with Crippen molar-refractivity contribution in [2.45, 2.75) is 52.1 Å². The van der Waals surface area contributed by atoms with E-state index >= 15 is 0 Å². The molecule has 1 fully saturated rings. The summed E-state index contributed by atoms with van der Waals surface area (Å²) in [5.74, 6) is 0.0165. The largest absolute Gasteiger partial charge is 0.444 e. The summed E-state index contributed by atoms with van der Waals surface area (Å²) < 4.78 is 10.3. The van der Waals surface area contributed by atoms with Gasteiger partial charge in [-0.25, -0.2) is 4.79 Å². The number of likely N-dealkylation sites (N-methyl/N-ethyl adjacent to an activating group) is 1. The van der Waals surface area contributed by atoms with Gasteiger partial charge in [0.15, 0.2) is 0 Å². The van der Waals surface area contributed by atoms with Gasteiger partial charge < -0.3 is 24.6 Å². The molecule has 1 heterocycles. The number of nitrogens with zero attached hydrogens (tertiary/aromatic N) is 2. The fraction of sp³-hybridized carbons (Fsp3) is 0.842. The Bertz CT molecular complexity index is 496. The minimum absolute atomic E-state index is 0.0437. The molecule has 3 amide bonds. The van der Waals surface area contributed by atoms with Gasteiger partial charge in [-0.2, -0.15) is 0 Å². The Hall–Kier alpha value is -1.83. The van der Waals surface area contributed by atoms with E-state index in [0.717, 1.165) is 19.3 Å². The minimum Gasteiger partial charge on any atom is -0.444 e. The van der Waals surface area contributed by atoms with Crippen LogP contribution in [-0.2, 0) is 19.1 Å². The van der Waals surface area contributed by atoms with Crippen molar-refractivity contribution in [3.8, 4) is 0 Å². The fourth-order valence-electron chi connectivity index (χ4n) is 2.85. The maximum Gasteiger partial charge on any atom is 0.410 e. The van der Waals surface area contributed by atoms with E-state index in [4.69, 9.17) is 9.47 Å². The third kappa shape index (κ3) is 9.60. The van der Waals surface area contributed by atoms with E-state index in [9.17, 15) is 14.4 Å². The molecule has 0 bridgehead atoms. The van der Waals surface area contributed by atoms with Gasteiger partial charge in [0.2, 0.25) is 11.8 Å². The van der Waals surface area contributed by atoms with Crippen molar-refractivity contribution in [1.29, 1.82) is 0 Å². The lowest BCUT2D eigenvalue weighted by atomic mass is 9.93. The van der Waals surface area contributed by atoms with E-state index < -0.39 is 5.60 Å². The van der Waals surface area contributed by atoms with Crippen molar-refractivity contribution in [1.82, 2.24) is 15.1 Å². The molecule has 0 aromatic rings. The van der Waals surface area contributed by atoms with Crippen molar-refractivity contribution in [3.63, 3.8) is 0 Å². The predicted octanol–water partition coefficient (Wildman–Crippen LogP) is 1.63. The minimum atomic E-state index is -0.503. The van der Waals surface area contributed by atoms with Gasteiger partial charge in [-0.05, 0) is 46.0 Å². The molecular weight excluding hydrogens is 350 g/mol. The van der Waals surface area contributed by atoms with E-state index in [2.05, 4.69) is 5.32 Å². The van der Waals surface area contributed by atoms with Crippen molar-refractivity contribution in [2.24, 2.45) is 5.92 Å². The molecule has 1 aliphatic rings. The maximum absolute atomic E-state index is 12.3. The standard InChI is InChI=1S/C19H35N3O5/c1-19(2,3)27-18(25)22-10-7-15(8-11-22)13-17(24)21(4)14-16(23)20-9-6-12-26-5/h15H,6-14H2,1-5H3,(H,20,23). The predicted molar refractivity (Wildman–Crippen MR) is 102 cm³/mol. The molecule has 156 valence electrons. The quantitative estimate of drug-likeness (QED) is 0.642. The normalized spacial score (nSPS) is 15.4. The summed E-state index contributed by atoms with van der Waals surface area (Å²) in [4.78, 5) is 39.4. The zero-order valence-electron chi connectivity index (χ0n) is 17.4. The monoisotopic (exact) mass is 385 g/mol. The van der Waals surface area contributed by atoms with Crippen molar-refractivity contribution >= 4 is 17.9 Å². The molecule has 0 unspecified atom stereocenters. The zero-order chi connectivity index (χ0) is 20.4. The molecule has 8 nitrogen and oxygen atoms in total. The summed E-state index contributed by atoms with van der Waals surface area (Å²) in [6, 6.07) is 0. The van der Waals surface area contributed by atoms with Gasteiger partial charge >= 0.3 is 6.09 Å². The number of nitrogens with one attached hydrogen (secondary N) is 1. The van der Waals surface area contributed by atoms with E-state index in [1.807, 2.05) is 20.8 Å². The van der Waals surface area contributed by atoms with Gasteiger partial charge in [-0.15, -0.1) is 0 Å². The van der Waals surface area contributed by atoms with E-state index in [-0.39, 0.29) is 30.4 Å². The molecule has 27 heavy (non-hydrogen) atoms. The summed E-state index contributed by atoms with van der Waals surface area (Å²) in [7, 11) is 3.26. The molecule has 0 aromatic heterocycles. The number of ether oxygens (including phenoxy) is 2. The summed E-state index contributed by atoms with van der Waals surface area (Å²) in [5, 5.41) is 2.77. The second kappa shape index (κ2) is 11.1. The van der Waals surface area contributed by atoms with Crippen LogP contribution in [0.4, 0.5) is 4.79 Å². The number of likely N-dealkylation sites (tertiary alicyclic amines) is 1. The highest BCUT2D eigenvalue weighted by Crippen LogP contribution is 2.22. The number of rotatable bonds is 8. The molecule has 0 aliphatic carbocycles. The number of methoxy groups -OCH3 is 1. The molecule has 1 saturated heterocycles. The van der Waals surface area contributed by atoms with Gasteiger partial charge in [0.25, 0.3) is 0 Å². The molecule has 0 saturated carbocycles.